The van der Waals surface area contributed by atoms with Crippen LogP contribution in [0.3, 0.4) is 0 Å². The summed E-state index contributed by atoms with van der Waals surface area (Å²) in [6, 6.07) is -0.516. The fraction of sp³-hybridized carbons (Fsp3) is 0.846. The number of methoxy groups -OCH3 is 1. The Balaban J connectivity index is 4.02. The summed E-state index contributed by atoms with van der Waals surface area (Å²) in [7, 11) is 1.52. The van der Waals surface area contributed by atoms with Crippen molar-refractivity contribution in [3.8, 4) is 0 Å². The van der Waals surface area contributed by atoms with Gasteiger partial charge in [0.1, 0.15) is 0 Å². The fourth-order valence-corrected chi connectivity index (χ4v) is 1.48. The molecule has 0 unspecified atom stereocenters. The van der Waals surface area contributed by atoms with Gasteiger partial charge >= 0.3 is 0 Å². The van der Waals surface area contributed by atoms with Crippen LogP contribution < -0.4 is 0 Å². The van der Waals surface area contributed by atoms with Crippen LogP contribution >= 0.6 is 0 Å². The lowest BCUT2D eigenvalue weighted by Gasteiger charge is -2.11. The standard InChI is InChI=1S/C13H26N2O3/c1-4-5-6-7-8-9-10-15(17)14-13(11-18-3)12(2)16/h9-10,12-13,16H,4-8,11H2,1-3H3/b10-9+,15-14?/t12-,13+/m0/s1. The van der Waals surface area contributed by atoms with E-state index < -0.39 is 12.1 Å². The molecule has 5 heteroatoms. The summed E-state index contributed by atoms with van der Waals surface area (Å²) in [5.41, 5.74) is 0. The van der Waals surface area contributed by atoms with Crippen LogP contribution in [0.2, 0.25) is 0 Å². The summed E-state index contributed by atoms with van der Waals surface area (Å²) >= 11 is 0. The Labute approximate surface area is 110 Å². The maximum atomic E-state index is 11.4. The summed E-state index contributed by atoms with van der Waals surface area (Å²) in [6.07, 6.45) is 8.14. The van der Waals surface area contributed by atoms with E-state index in [0.29, 0.717) is 4.86 Å². The third kappa shape index (κ3) is 9.13. The number of ether oxygens (including phenoxy) is 1. The normalized spacial score (nSPS) is 16.1. The second-order valence-corrected chi connectivity index (χ2v) is 4.42. The molecule has 106 valence electrons. The molecule has 0 aliphatic heterocycles. The van der Waals surface area contributed by atoms with E-state index in [2.05, 4.69) is 12.0 Å². The van der Waals surface area contributed by atoms with Crippen LogP contribution in [0.25, 0.3) is 0 Å². The monoisotopic (exact) mass is 258 g/mol. The van der Waals surface area contributed by atoms with E-state index >= 15 is 0 Å². The molecule has 2 atom stereocenters. The van der Waals surface area contributed by atoms with Gasteiger partial charge in [0.25, 0.3) is 0 Å². The first-order chi connectivity index (χ1) is 8.61. The third-order valence-corrected chi connectivity index (χ3v) is 2.61. The van der Waals surface area contributed by atoms with E-state index in [-0.39, 0.29) is 6.61 Å². The molecule has 0 saturated carbocycles. The highest BCUT2D eigenvalue weighted by Gasteiger charge is 2.17. The van der Waals surface area contributed by atoms with Crippen LogP contribution in [0.15, 0.2) is 17.4 Å². The van der Waals surface area contributed by atoms with Crippen LogP contribution in [0.4, 0.5) is 0 Å². The number of azo groups is 1. The van der Waals surface area contributed by atoms with Gasteiger partial charge in [0.15, 0.2) is 6.04 Å². The lowest BCUT2D eigenvalue weighted by Crippen LogP contribution is -2.27. The second-order valence-electron chi connectivity index (χ2n) is 4.42. The molecule has 18 heavy (non-hydrogen) atoms. The minimum atomic E-state index is -0.695. The van der Waals surface area contributed by atoms with Gasteiger partial charge in [-0.3, -0.25) is 0 Å². The molecule has 0 aromatic rings. The molecule has 1 N–H and O–H groups in total. The fourth-order valence-electron chi connectivity index (χ4n) is 1.48. The Hall–Kier alpha value is -0.940. The average Bonchev–Trinajstić information content (AvgIpc) is 2.33. The minimum absolute atomic E-state index is 0.237. The predicted octanol–water partition coefficient (Wildman–Crippen LogP) is 2.83. The number of hydrogen-bond acceptors (Lipinski definition) is 4. The Morgan fingerprint density at radius 3 is 2.67 bits per heavy atom. The number of rotatable bonds is 10. The van der Waals surface area contributed by atoms with E-state index in [1.54, 1.807) is 6.92 Å². The van der Waals surface area contributed by atoms with Gasteiger partial charge in [-0.1, -0.05) is 31.0 Å². The summed E-state index contributed by atoms with van der Waals surface area (Å²) in [4.78, 5) is 0.510. The number of hydrogen-bond donors (Lipinski definition) is 1. The maximum absolute atomic E-state index is 11.4. The highest BCUT2D eigenvalue weighted by Crippen LogP contribution is 2.04. The number of aliphatic hydroxyl groups is 1. The van der Waals surface area contributed by atoms with Crippen LogP contribution in [-0.4, -0.2) is 35.8 Å². The quantitative estimate of drug-likeness (QED) is 0.283. The van der Waals surface area contributed by atoms with E-state index in [4.69, 9.17) is 4.74 Å². The molecule has 5 nitrogen and oxygen atoms in total. The van der Waals surface area contributed by atoms with E-state index in [1.807, 2.05) is 6.08 Å². The third-order valence-electron chi connectivity index (χ3n) is 2.61. The molecular formula is C13H26N2O3. The summed E-state index contributed by atoms with van der Waals surface area (Å²) < 4.78 is 4.89. The zero-order chi connectivity index (χ0) is 13.8. The molecule has 0 radical (unpaired) electrons. The summed E-state index contributed by atoms with van der Waals surface area (Å²) in [6.45, 7) is 4.00. The molecule has 0 aliphatic rings. The average molecular weight is 258 g/mol. The first-order valence-corrected chi connectivity index (χ1v) is 6.62. The molecule has 0 aliphatic carbocycles. The summed E-state index contributed by atoms with van der Waals surface area (Å²) in [5.74, 6) is 0. The van der Waals surface area contributed by atoms with Gasteiger partial charge in [0.05, 0.1) is 12.7 Å². The molecule has 0 aromatic heterocycles. The highest BCUT2D eigenvalue weighted by atomic mass is 16.5. The number of aliphatic hydroxyl groups excluding tert-OH is 1. The Kier molecular flexibility index (Phi) is 10.6. The van der Waals surface area contributed by atoms with Gasteiger partial charge in [-0.15, -0.1) is 0 Å². The molecule has 0 bridgehead atoms. The van der Waals surface area contributed by atoms with Crippen molar-refractivity contribution < 1.29 is 14.7 Å². The van der Waals surface area contributed by atoms with Gasteiger partial charge in [0, 0.05) is 7.11 Å². The van der Waals surface area contributed by atoms with Crippen LogP contribution in [0.5, 0.6) is 0 Å². The van der Waals surface area contributed by atoms with Crippen molar-refractivity contribution in [1.29, 1.82) is 0 Å². The van der Waals surface area contributed by atoms with Crippen molar-refractivity contribution in [1.82, 2.24) is 0 Å². The van der Waals surface area contributed by atoms with Crippen LogP contribution in [-0.2, 0) is 4.74 Å². The number of hydroxylamine groups is 1. The molecule has 0 aromatic carbocycles. The topological polar surface area (TPSA) is 67.9 Å². The van der Waals surface area contributed by atoms with Crippen LogP contribution in [0, 0.1) is 5.21 Å². The number of unbranched alkanes of at least 4 members (excludes halogenated alkanes) is 4. The van der Waals surface area contributed by atoms with Gasteiger partial charge in [-0.05, 0) is 31.0 Å². The number of nitrogens with zero attached hydrogens (tertiary/aromatic N) is 2. The SMILES string of the molecule is CCCCCC/C=C/[N+]([O-])=N[C@H](COC)[C@H](C)O. The van der Waals surface area contributed by atoms with Crippen molar-refractivity contribution in [2.75, 3.05) is 13.7 Å². The Morgan fingerprint density at radius 2 is 2.11 bits per heavy atom. The zero-order valence-corrected chi connectivity index (χ0v) is 11.7. The van der Waals surface area contributed by atoms with Crippen molar-refractivity contribution in [3.05, 3.63) is 17.5 Å². The molecule has 0 fully saturated rings. The first-order valence-electron chi connectivity index (χ1n) is 6.62. The predicted molar refractivity (Wildman–Crippen MR) is 71.3 cm³/mol. The van der Waals surface area contributed by atoms with E-state index in [1.165, 1.54) is 32.6 Å². The van der Waals surface area contributed by atoms with E-state index in [0.717, 1.165) is 12.8 Å². The Morgan fingerprint density at radius 1 is 1.39 bits per heavy atom. The van der Waals surface area contributed by atoms with E-state index in [9.17, 15) is 10.3 Å². The minimum Gasteiger partial charge on any atom is -0.595 e. The second kappa shape index (κ2) is 11.2. The smallest absolute Gasteiger partial charge is 0.205 e. The van der Waals surface area contributed by atoms with Gasteiger partial charge in [-0.25, -0.2) is 0 Å². The lowest BCUT2D eigenvalue weighted by molar-refractivity contribution is -0.464. The highest BCUT2D eigenvalue weighted by molar-refractivity contribution is 4.73. The van der Waals surface area contributed by atoms with Gasteiger partial charge in [0.2, 0.25) is 6.20 Å². The molecule has 0 saturated heterocycles. The van der Waals surface area contributed by atoms with Gasteiger partial charge in [-0.2, -0.15) is 0 Å². The molecule has 0 amide bonds. The first kappa shape index (κ1) is 17.1. The Bertz CT molecular complexity index is 253. The molecule has 0 spiro atoms. The zero-order valence-electron chi connectivity index (χ0n) is 11.7. The van der Waals surface area contributed by atoms with Crippen molar-refractivity contribution in [3.63, 3.8) is 0 Å². The van der Waals surface area contributed by atoms with Gasteiger partial charge < -0.3 is 15.1 Å². The van der Waals surface area contributed by atoms with Crippen molar-refractivity contribution >= 4 is 0 Å². The maximum Gasteiger partial charge on any atom is 0.205 e. The van der Waals surface area contributed by atoms with Crippen LogP contribution in [0.1, 0.15) is 46.0 Å². The number of allylic oxidation sites excluding steroid dienone is 1. The molecule has 0 heterocycles. The largest absolute Gasteiger partial charge is 0.595 e. The lowest BCUT2D eigenvalue weighted by atomic mass is 10.1. The molecular weight excluding hydrogens is 232 g/mol. The van der Waals surface area contributed by atoms with Crippen molar-refractivity contribution in [2.45, 2.75) is 58.1 Å². The van der Waals surface area contributed by atoms with Crippen molar-refractivity contribution in [2.24, 2.45) is 5.11 Å². The summed E-state index contributed by atoms with van der Waals surface area (Å²) in [5, 5.41) is 24.6. The molecule has 0 rings (SSSR count).